The Hall–Kier alpha value is -0.0500. The molecule has 2 nitrogen and oxygen atoms in total. The Bertz CT molecular complexity index is 272. The van der Waals surface area contributed by atoms with Crippen molar-refractivity contribution in [3.8, 4) is 0 Å². The number of esters is 1. The van der Waals surface area contributed by atoms with Crippen LogP contribution >= 0.6 is 15.9 Å². The fourth-order valence-electron chi connectivity index (χ4n) is 2.56. The van der Waals surface area contributed by atoms with Crippen LogP contribution in [0.25, 0.3) is 0 Å². The molecule has 0 radical (unpaired) electrons. The Morgan fingerprint density at radius 3 is 2.25 bits per heavy atom. The van der Waals surface area contributed by atoms with E-state index >= 15 is 0 Å². The maximum Gasteiger partial charge on any atom is 0.305 e. The number of ether oxygens (including phenoxy) is 1. The summed E-state index contributed by atoms with van der Waals surface area (Å²) in [5.41, 5.74) is 0.596. The number of unbranched alkanes of at least 4 members (excludes halogenated alkanes) is 2. The van der Waals surface area contributed by atoms with Crippen molar-refractivity contribution in [2.75, 3.05) is 11.9 Å². The van der Waals surface area contributed by atoms with E-state index in [4.69, 9.17) is 4.74 Å². The van der Waals surface area contributed by atoms with Crippen LogP contribution < -0.4 is 0 Å². The third-order valence-corrected chi connectivity index (χ3v) is 4.53. The van der Waals surface area contributed by atoms with Crippen molar-refractivity contribution >= 4 is 21.9 Å². The molecule has 0 saturated carbocycles. The van der Waals surface area contributed by atoms with Crippen molar-refractivity contribution in [3.63, 3.8) is 0 Å². The van der Waals surface area contributed by atoms with Gasteiger partial charge in [0.2, 0.25) is 0 Å². The molecule has 0 aromatic heterocycles. The second kappa shape index (κ2) is 9.81. The van der Waals surface area contributed by atoms with Gasteiger partial charge in [-0.2, -0.15) is 0 Å². The third kappa shape index (κ3) is 10.7. The number of rotatable bonds is 11. The molecule has 0 aliphatic carbocycles. The van der Waals surface area contributed by atoms with Gasteiger partial charge in [0.05, 0.1) is 6.61 Å². The van der Waals surface area contributed by atoms with Gasteiger partial charge in [0.15, 0.2) is 0 Å². The minimum Gasteiger partial charge on any atom is -0.466 e. The molecule has 3 heteroatoms. The predicted octanol–water partition coefficient (Wildman–Crippen LogP) is 5.73. The molecule has 0 rings (SSSR count). The normalized spacial score (nSPS) is 12.5. The van der Waals surface area contributed by atoms with Crippen molar-refractivity contribution in [1.82, 2.24) is 0 Å². The van der Waals surface area contributed by atoms with Gasteiger partial charge in [-0.1, -0.05) is 63.4 Å². The molecule has 0 aromatic rings. The van der Waals surface area contributed by atoms with Gasteiger partial charge in [-0.15, -0.1) is 0 Å². The first kappa shape index (κ1) is 19.9. The van der Waals surface area contributed by atoms with E-state index in [1.54, 1.807) is 0 Å². The van der Waals surface area contributed by atoms with Gasteiger partial charge in [0.25, 0.3) is 0 Å². The van der Waals surface area contributed by atoms with Gasteiger partial charge in [0.1, 0.15) is 0 Å². The van der Waals surface area contributed by atoms with Crippen LogP contribution in [0.3, 0.4) is 0 Å². The highest BCUT2D eigenvalue weighted by atomic mass is 79.9. The molecular formula is C17H33BrO2. The standard InChI is InChI=1S/C17H33BrO2/c1-6-16(2,3)14-17(4,5)11-13-20-15(19)10-8-7-9-12-18/h6-14H2,1-5H3. The first-order valence-electron chi connectivity index (χ1n) is 7.94. The van der Waals surface area contributed by atoms with Crippen molar-refractivity contribution < 1.29 is 9.53 Å². The lowest BCUT2D eigenvalue weighted by Gasteiger charge is -2.34. The molecule has 0 atom stereocenters. The van der Waals surface area contributed by atoms with Crippen LogP contribution in [0.5, 0.6) is 0 Å². The SMILES string of the molecule is CCC(C)(C)CC(C)(C)CCOC(=O)CCCCCBr. The zero-order valence-electron chi connectivity index (χ0n) is 14.1. The zero-order valence-corrected chi connectivity index (χ0v) is 15.6. The second-order valence-corrected chi connectivity index (χ2v) is 8.12. The van der Waals surface area contributed by atoms with Crippen molar-refractivity contribution in [1.29, 1.82) is 0 Å². The number of hydrogen-bond donors (Lipinski definition) is 0. The van der Waals surface area contributed by atoms with Crippen LogP contribution in [0.2, 0.25) is 0 Å². The maximum atomic E-state index is 11.6. The van der Waals surface area contributed by atoms with Gasteiger partial charge in [-0.25, -0.2) is 0 Å². The summed E-state index contributed by atoms with van der Waals surface area (Å²) >= 11 is 3.39. The molecule has 0 N–H and O–H groups in total. The van der Waals surface area contributed by atoms with Gasteiger partial charge in [0, 0.05) is 11.8 Å². The maximum absolute atomic E-state index is 11.6. The van der Waals surface area contributed by atoms with Gasteiger partial charge >= 0.3 is 5.97 Å². The summed E-state index contributed by atoms with van der Waals surface area (Å²) in [6.45, 7) is 12.0. The minimum atomic E-state index is -0.0369. The molecule has 0 spiro atoms. The quantitative estimate of drug-likeness (QED) is 0.271. The first-order valence-corrected chi connectivity index (χ1v) is 9.06. The molecule has 0 aliphatic heterocycles. The molecule has 0 unspecified atom stereocenters. The fourth-order valence-corrected chi connectivity index (χ4v) is 2.96. The molecule has 120 valence electrons. The van der Waals surface area contributed by atoms with Crippen LogP contribution in [-0.4, -0.2) is 17.9 Å². The van der Waals surface area contributed by atoms with E-state index in [1.165, 1.54) is 12.8 Å². The molecular weight excluding hydrogens is 316 g/mol. The summed E-state index contributed by atoms with van der Waals surface area (Å²) in [7, 11) is 0. The summed E-state index contributed by atoms with van der Waals surface area (Å²) in [6.07, 6.45) is 7.03. The Morgan fingerprint density at radius 2 is 1.70 bits per heavy atom. The lowest BCUT2D eigenvalue weighted by Crippen LogP contribution is -2.24. The number of carbonyl (C=O) groups excluding carboxylic acids is 1. The van der Waals surface area contributed by atoms with Gasteiger partial charge in [-0.05, 0) is 36.5 Å². The molecule has 0 fully saturated rings. The van der Waals surface area contributed by atoms with E-state index < -0.39 is 0 Å². The number of alkyl halides is 1. The average molecular weight is 349 g/mol. The van der Waals surface area contributed by atoms with Gasteiger partial charge in [-0.3, -0.25) is 4.79 Å². The molecule has 0 saturated heterocycles. The Labute approximate surface area is 134 Å². The van der Waals surface area contributed by atoms with Crippen molar-refractivity contribution in [2.45, 2.75) is 79.6 Å². The van der Waals surface area contributed by atoms with Crippen LogP contribution in [0.15, 0.2) is 0 Å². The lowest BCUT2D eigenvalue weighted by atomic mass is 9.72. The Kier molecular flexibility index (Phi) is 9.78. The number of halogens is 1. The summed E-state index contributed by atoms with van der Waals surface area (Å²) in [4.78, 5) is 11.6. The highest BCUT2D eigenvalue weighted by Crippen LogP contribution is 2.38. The average Bonchev–Trinajstić information content (AvgIpc) is 2.33. The minimum absolute atomic E-state index is 0.0369. The zero-order chi connectivity index (χ0) is 15.6. The van der Waals surface area contributed by atoms with Crippen LogP contribution in [0.4, 0.5) is 0 Å². The molecule has 0 aromatic carbocycles. The second-order valence-electron chi connectivity index (χ2n) is 7.33. The molecule has 20 heavy (non-hydrogen) atoms. The molecule has 0 heterocycles. The first-order chi connectivity index (χ1) is 9.22. The monoisotopic (exact) mass is 348 g/mol. The van der Waals surface area contributed by atoms with E-state index in [1.807, 2.05) is 0 Å². The Balaban J connectivity index is 3.84. The van der Waals surface area contributed by atoms with E-state index in [0.717, 1.165) is 31.0 Å². The van der Waals surface area contributed by atoms with Crippen molar-refractivity contribution in [3.05, 3.63) is 0 Å². The van der Waals surface area contributed by atoms with Crippen LogP contribution in [-0.2, 0) is 9.53 Å². The number of hydrogen-bond acceptors (Lipinski definition) is 2. The number of carbonyl (C=O) groups is 1. The molecule has 0 aliphatic rings. The van der Waals surface area contributed by atoms with Crippen molar-refractivity contribution in [2.24, 2.45) is 10.8 Å². The third-order valence-electron chi connectivity index (χ3n) is 3.97. The highest BCUT2D eigenvalue weighted by molar-refractivity contribution is 9.09. The van der Waals surface area contributed by atoms with Crippen LogP contribution in [0.1, 0.15) is 79.6 Å². The Morgan fingerprint density at radius 1 is 1.05 bits per heavy atom. The predicted molar refractivity (Wildman–Crippen MR) is 90.3 cm³/mol. The summed E-state index contributed by atoms with van der Waals surface area (Å²) in [6, 6.07) is 0. The van der Waals surface area contributed by atoms with E-state index in [0.29, 0.717) is 18.4 Å². The van der Waals surface area contributed by atoms with E-state index in [-0.39, 0.29) is 11.4 Å². The summed E-state index contributed by atoms with van der Waals surface area (Å²) in [5, 5.41) is 1.02. The lowest BCUT2D eigenvalue weighted by molar-refractivity contribution is -0.144. The molecule has 0 bridgehead atoms. The molecule has 0 amide bonds. The highest BCUT2D eigenvalue weighted by Gasteiger charge is 2.27. The summed E-state index contributed by atoms with van der Waals surface area (Å²) in [5.74, 6) is -0.0369. The topological polar surface area (TPSA) is 26.3 Å². The van der Waals surface area contributed by atoms with E-state index in [9.17, 15) is 4.79 Å². The smallest absolute Gasteiger partial charge is 0.305 e. The fraction of sp³-hybridized carbons (Fsp3) is 0.941. The van der Waals surface area contributed by atoms with Gasteiger partial charge < -0.3 is 4.74 Å². The van der Waals surface area contributed by atoms with Crippen LogP contribution in [0, 0.1) is 10.8 Å². The summed E-state index contributed by atoms with van der Waals surface area (Å²) < 4.78 is 5.36. The van der Waals surface area contributed by atoms with E-state index in [2.05, 4.69) is 50.5 Å². The largest absolute Gasteiger partial charge is 0.466 e.